The molecule has 0 saturated heterocycles. The van der Waals surface area contributed by atoms with Gasteiger partial charge in [0.1, 0.15) is 0 Å². The number of rotatable bonds is 5. The van der Waals surface area contributed by atoms with E-state index >= 15 is 0 Å². The molecular weight excluding hydrogens is 287 g/mol. The van der Waals surface area contributed by atoms with Gasteiger partial charge in [-0.25, -0.2) is 0 Å². The minimum absolute atomic E-state index is 0.0439. The fourth-order valence-corrected chi connectivity index (χ4v) is 1.85. The summed E-state index contributed by atoms with van der Waals surface area (Å²) in [6, 6.07) is 4.99. The van der Waals surface area contributed by atoms with Crippen LogP contribution >= 0.6 is 23.2 Å². The minimum Gasteiger partial charge on any atom is -0.354 e. The van der Waals surface area contributed by atoms with Crippen molar-refractivity contribution in [1.82, 2.24) is 5.32 Å². The van der Waals surface area contributed by atoms with E-state index in [0.717, 1.165) is 0 Å². The first kappa shape index (κ1) is 15.8. The summed E-state index contributed by atoms with van der Waals surface area (Å²) in [6.07, 6.45) is 0.423. The van der Waals surface area contributed by atoms with E-state index in [-0.39, 0.29) is 11.8 Å². The molecule has 19 heavy (non-hydrogen) atoms. The van der Waals surface area contributed by atoms with Gasteiger partial charge in [-0.2, -0.15) is 0 Å². The molecule has 0 radical (unpaired) electrons. The standard InChI is InChI=1S/C13H16Cl2N2O2/c1-3-13(19)16-6-7-17(9(2)18)10-4-5-11(14)12(15)8-10/h4-5,8H,3,6-7H2,1-2H3,(H,16,19). The third kappa shape index (κ3) is 4.73. The predicted octanol–water partition coefficient (Wildman–Crippen LogP) is 2.87. The zero-order valence-electron chi connectivity index (χ0n) is 10.9. The summed E-state index contributed by atoms with van der Waals surface area (Å²) >= 11 is 11.8. The van der Waals surface area contributed by atoms with Gasteiger partial charge in [0.2, 0.25) is 11.8 Å². The van der Waals surface area contributed by atoms with Crippen molar-refractivity contribution in [2.45, 2.75) is 20.3 Å². The molecule has 0 fully saturated rings. The molecule has 0 heterocycles. The van der Waals surface area contributed by atoms with Crippen LogP contribution in [0, 0.1) is 0 Å². The number of carbonyl (C=O) groups is 2. The van der Waals surface area contributed by atoms with Crippen molar-refractivity contribution in [3.05, 3.63) is 28.2 Å². The van der Waals surface area contributed by atoms with E-state index < -0.39 is 0 Å². The van der Waals surface area contributed by atoms with Gasteiger partial charge in [0.25, 0.3) is 0 Å². The van der Waals surface area contributed by atoms with Crippen LogP contribution in [0.5, 0.6) is 0 Å². The normalized spacial score (nSPS) is 10.1. The Morgan fingerprint density at radius 2 is 1.95 bits per heavy atom. The average molecular weight is 303 g/mol. The van der Waals surface area contributed by atoms with Crippen LogP contribution < -0.4 is 10.2 Å². The lowest BCUT2D eigenvalue weighted by Gasteiger charge is -2.21. The van der Waals surface area contributed by atoms with E-state index in [1.165, 1.54) is 11.8 Å². The Morgan fingerprint density at radius 1 is 1.26 bits per heavy atom. The van der Waals surface area contributed by atoms with Gasteiger partial charge in [0, 0.05) is 32.1 Å². The molecule has 1 N–H and O–H groups in total. The van der Waals surface area contributed by atoms with Gasteiger partial charge < -0.3 is 10.2 Å². The van der Waals surface area contributed by atoms with Crippen LogP contribution in [0.2, 0.25) is 10.0 Å². The van der Waals surface area contributed by atoms with Crippen LogP contribution in [0.25, 0.3) is 0 Å². The first-order valence-electron chi connectivity index (χ1n) is 5.95. The molecule has 0 aromatic heterocycles. The largest absolute Gasteiger partial charge is 0.354 e. The van der Waals surface area contributed by atoms with Crippen molar-refractivity contribution < 1.29 is 9.59 Å². The first-order chi connectivity index (χ1) is 8.95. The van der Waals surface area contributed by atoms with Crippen LogP contribution in [-0.4, -0.2) is 24.9 Å². The van der Waals surface area contributed by atoms with Crippen LogP contribution in [0.1, 0.15) is 20.3 Å². The van der Waals surface area contributed by atoms with Crippen LogP contribution in [0.3, 0.4) is 0 Å². The summed E-state index contributed by atoms with van der Waals surface area (Å²) in [7, 11) is 0. The SMILES string of the molecule is CCC(=O)NCCN(C(C)=O)c1ccc(Cl)c(Cl)c1. The molecule has 104 valence electrons. The minimum atomic E-state index is -0.121. The number of amides is 2. The maximum Gasteiger partial charge on any atom is 0.223 e. The third-order valence-electron chi connectivity index (χ3n) is 2.57. The fourth-order valence-electron chi connectivity index (χ4n) is 1.55. The fraction of sp³-hybridized carbons (Fsp3) is 0.385. The van der Waals surface area contributed by atoms with Crippen molar-refractivity contribution in [2.75, 3.05) is 18.0 Å². The highest BCUT2D eigenvalue weighted by Gasteiger charge is 2.12. The smallest absolute Gasteiger partial charge is 0.223 e. The van der Waals surface area contributed by atoms with Crippen LogP contribution in [0.4, 0.5) is 5.69 Å². The monoisotopic (exact) mass is 302 g/mol. The Labute approximate surface area is 122 Å². The highest BCUT2D eigenvalue weighted by Crippen LogP contribution is 2.27. The summed E-state index contributed by atoms with van der Waals surface area (Å²) < 4.78 is 0. The van der Waals surface area contributed by atoms with E-state index in [9.17, 15) is 9.59 Å². The van der Waals surface area contributed by atoms with Crippen molar-refractivity contribution in [3.8, 4) is 0 Å². The summed E-state index contributed by atoms with van der Waals surface area (Å²) in [4.78, 5) is 24.3. The molecule has 1 aromatic rings. The molecule has 2 amide bonds. The summed E-state index contributed by atoms with van der Waals surface area (Å²) in [5.41, 5.74) is 0.660. The van der Waals surface area contributed by atoms with Gasteiger partial charge in [-0.05, 0) is 18.2 Å². The van der Waals surface area contributed by atoms with Gasteiger partial charge in [0.05, 0.1) is 10.0 Å². The summed E-state index contributed by atoms with van der Waals surface area (Å²) in [5, 5.41) is 3.55. The average Bonchev–Trinajstić information content (AvgIpc) is 2.37. The van der Waals surface area contributed by atoms with Gasteiger partial charge in [0.15, 0.2) is 0 Å². The third-order valence-corrected chi connectivity index (χ3v) is 3.31. The van der Waals surface area contributed by atoms with Crippen LogP contribution in [-0.2, 0) is 9.59 Å². The number of hydrogen-bond acceptors (Lipinski definition) is 2. The highest BCUT2D eigenvalue weighted by molar-refractivity contribution is 6.42. The zero-order chi connectivity index (χ0) is 14.4. The van der Waals surface area contributed by atoms with Gasteiger partial charge in [-0.1, -0.05) is 30.1 Å². The molecule has 0 saturated carbocycles. The Kier molecular flexibility index (Phi) is 6.12. The lowest BCUT2D eigenvalue weighted by Crippen LogP contribution is -2.37. The Morgan fingerprint density at radius 3 is 2.47 bits per heavy atom. The molecule has 0 aliphatic carbocycles. The molecule has 0 bridgehead atoms. The Bertz CT molecular complexity index is 478. The Hall–Kier alpha value is -1.26. The van der Waals surface area contributed by atoms with Crippen molar-refractivity contribution >= 4 is 40.7 Å². The van der Waals surface area contributed by atoms with E-state index in [2.05, 4.69) is 5.32 Å². The number of halogens is 2. The number of nitrogens with one attached hydrogen (secondary N) is 1. The van der Waals surface area contributed by atoms with Gasteiger partial charge in [-0.15, -0.1) is 0 Å². The van der Waals surface area contributed by atoms with E-state index in [4.69, 9.17) is 23.2 Å². The first-order valence-corrected chi connectivity index (χ1v) is 6.71. The molecule has 0 aliphatic heterocycles. The van der Waals surface area contributed by atoms with E-state index in [0.29, 0.717) is 35.2 Å². The maximum absolute atomic E-state index is 11.6. The predicted molar refractivity (Wildman–Crippen MR) is 77.8 cm³/mol. The topological polar surface area (TPSA) is 49.4 Å². The van der Waals surface area contributed by atoms with Crippen molar-refractivity contribution in [2.24, 2.45) is 0 Å². The number of anilines is 1. The Balaban J connectivity index is 2.74. The lowest BCUT2D eigenvalue weighted by molar-refractivity contribution is -0.121. The van der Waals surface area contributed by atoms with Crippen molar-refractivity contribution in [1.29, 1.82) is 0 Å². The molecular formula is C13H16Cl2N2O2. The highest BCUT2D eigenvalue weighted by atomic mass is 35.5. The molecule has 1 rings (SSSR count). The molecule has 0 aliphatic rings. The molecule has 1 aromatic carbocycles. The summed E-state index contributed by atoms with van der Waals surface area (Å²) in [5.74, 6) is -0.165. The molecule has 4 nitrogen and oxygen atoms in total. The van der Waals surface area contributed by atoms with Crippen molar-refractivity contribution in [3.63, 3.8) is 0 Å². The lowest BCUT2D eigenvalue weighted by atomic mass is 10.2. The van der Waals surface area contributed by atoms with E-state index in [1.54, 1.807) is 25.1 Å². The maximum atomic E-state index is 11.6. The molecule has 0 unspecified atom stereocenters. The number of carbonyl (C=O) groups excluding carboxylic acids is 2. The second kappa shape index (κ2) is 7.36. The quantitative estimate of drug-likeness (QED) is 0.909. The van der Waals surface area contributed by atoms with Gasteiger partial charge in [-0.3, -0.25) is 9.59 Å². The molecule has 0 atom stereocenters. The number of benzene rings is 1. The molecule has 0 spiro atoms. The van der Waals surface area contributed by atoms with Crippen LogP contribution in [0.15, 0.2) is 18.2 Å². The van der Waals surface area contributed by atoms with Gasteiger partial charge >= 0.3 is 0 Å². The zero-order valence-corrected chi connectivity index (χ0v) is 12.4. The number of nitrogens with zero attached hydrogens (tertiary/aromatic N) is 1. The summed E-state index contributed by atoms with van der Waals surface area (Å²) in [6.45, 7) is 4.02. The molecule has 6 heteroatoms. The second-order valence-electron chi connectivity index (χ2n) is 3.97. The van der Waals surface area contributed by atoms with E-state index in [1.807, 2.05) is 0 Å². The number of hydrogen-bond donors (Lipinski definition) is 1. The second-order valence-corrected chi connectivity index (χ2v) is 4.79.